The molecule has 6 nitrogen and oxygen atoms in total. The third kappa shape index (κ3) is 2.41. The van der Waals surface area contributed by atoms with Crippen LogP contribution in [-0.4, -0.2) is 24.6 Å². The molecule has 1 atom stereocenters. The summed E-state index contributed by atoms with van der Waals surface area (Å²) in [5, 5.41) is 9.93. The Balaban J connectivity index is 1.57. The average Bonchev–Trinajstić information content (AvgIpc) is 3.21. The number of para-hydroxylation sites is 2. The fourth-order valence-corrected chi connectivity index (χ4v) is 4.88. The van der Waals surface area contributed by atoms with Crippen LogP contribution in [0.3, 0.4) is 0 Å². The highest BCUT2D eigenvalue weighted by Crippen LogP contribution is 2.35. The summed E-state index contributed by atoms with van der Waals surface area (Å²) in [6, 6.07) is 15.5. The maximum atomic E-state index is 12.3. The van der Waals surface area contributed by atoms with E-state index in [-0.39, 0.29) is 10.8 Å². The number of fused-ring (bicyclic) bond motifs is 4. The molecule has 0 amide bonds. The Hall–Kier alpha value is -2.71. The molecule has 1 N–H and O–H groups in total. The average molecular weight is 379 g/mol. The zero-order valence-electron chi connectivity index (χ0n) is 13.7. The standard InChI is InChI=1S/C18H13N5OS2/c1-10(15-19-12-7-3-2-6-11(12)16(24)20-15)25-17-21-22-18-23(17)13-8-4-5-9-14(13)26-18/h2-10H,1H3,(H,19,20,24)/t10-/m1/s1. The molecule has 0 spiro atoms. The van der Waals surface area contributed by atoms with Crippen LogP contribution in [0.25, 0.3) is 26.1 Å². The van der Waals surface area contributed by atoms with Crippen molar-refractivity contribution < 1.29 is 0 Å². The molecule has 0 fully saturated rings. The van der Waals surface area contributed by atoms with Gasteiger partial charge in [-0.2, -0.15) is 0 Å². The molecule has 0 aliphatic heterocycles. The number of aromatic nitrogens is 5. The maximum absolute atomic E-state index is 12.3. The number of hydrogen-bond acceptors (Lipinski definition) is 6. The molecular weight excluding hydrogens is 366 g/mol. The zero-order chi connectivity index (χ0) is 17.7. The molecule has 0 unspecified atom stereocenters. The van der Waals surface area contributed by atoms with Gasteiger partial charge in [0.1, 0.15) is 5.82 Å². The lowest BCUT2D eigenvalue weighted by atomic mass is 10.2. The van der Waals surface area contributed by atoms with Crippen LogP contribution >= 0.6 is 23.1 Å². The van der Waals surface area contributed by atoms with Crippen molar-refractivity contribution in [3.63, 3.8) is 0 Å². The quantitative estimate of drug-likeness (QED) is 0.479. The predicted octanol–water partition coefficient (Wildman–Crippen LogP) is 4.03. The van der Waals surface area contributed by atoms with Crippen molar-refractivity contribution in [2.75, 3.05) is 0 Å². The van der Waals surface area contributed by atoms with Gasteiger partial charge in [-0.15, -0.1) is 10.2 Å². The second kappa shape index (κ2) is 5.93. The van der Waals surface area contributed by atoms with E-state index in [9.17, 15) is 4.79 Å². The van der Waals surface area contributed by atoms with Gasteiger partial charge in [0.25, 0.3) is 5.56 Å². The van der Waals surface area contributed by atoms with Crippen molar-refractivity contribution in [2.24, 2.45) is 0 Å². The Kier molecular flexibility index (Phi) is 3.54. The van der Waals surface area contributed by atoms with E-state index < -0.39 is 0 Å². The molecule has 0 saturated carbocycles. The molecule has 0 saturated heterocycles. The fraction of sp³-hybridized carbons (Fsp3) is 0.111. The first kappa shape index (κ1) is 15.5. The lowest BCUT2D eigenvalue weighted by molar-refractivity contribution is 0.892. The van der Waals surface area contributed by atoms with E-state index in [1.165, 1.54) is 16.5 Å². The van der Waals surface area contributed by atoms with Crippen LogP contribution in [0, 0.1) is 0 Å². The molecule has 5 rings (SSSR count). The highest BCUT2D eigenvalue weighted by Gasteiger charge is 2.18. The molecule has 0 radical (unpaired) electrons. The first-order valence-electron chi connectivity index (χ1n) is 8.09. The predicted molar refractivity (Wildman–Crippen MR) is 105 cm³/mol. The highest BCUT2D eigenvalue weighted by molar-refractivity contribution is 7.99. The summed E-state index contributed by atoms with van der Waals surface area (Å²) >= 11 is 3.15. The number of hydrogen-bond donors (Lipinski definition) is 1. The molecule has 3 aromatic heterocycles. The molecule has 0 bridgehead atoms. The van der Waals surface area contributed by atoms with Gasteiger partial charge in [0.05, 0.1) is 26.4 Å². The fourth-order valence-electron chi connectivity index (χ4n) is 2.94. The Morgan fingerprint density at radius 3 is 2.85 bits per heavy atom. The van der Waals surface area contributed by atoms with E-state index in [2.05, 4.69) is 36.7 Å². The molecule has 8 heteroatoms. The largest absolute Gasteiger partial charge is 0.309 e. The number of thiazole rings is 1. The molecule has 26 heavy (non-hydrogen) atoms. The Morgan fingerprint density at radius 1 is 1.12 bits per heavy atom. The van der Waals surface area contributed by atoms with Crippen LogP contribution in [0.1, 0.15) is 18.0 Å². The van der Waals surface area contributed by atoms with E-state index in [0.717, 1.165) is 15.6 Å². The van der Waals surface area contributed by atoms with Crippen molar-refractivity contribution in [1.29, 1.82) is 0 Å². The molecule has 2 aromatic carbocycles. The first-order chi connectivity index (χ1) is 12.7. The normalized spacial score (nSPS) is 13.0. The van der Waals surface area contributed by atoms with E-state index in [4.69, 9.17) is 0 Å². The third-order valence-electron chi connectivity index (χ3n) is 4.21. The molecule has 0 aliphatic carbocycles. The minimum Gasteiger partial charge on any atom is -0.309 e. The van der Waals surface area contributed by atoms with Crippen LogP contribution in [0.2, 0.25) is 0 Å². The van der Waals surface area contributed by atoms with E-state index in [0.29, 0.717) is 16.7 Å². The van der Waals surface area contributed by atoms with Gasteiger partial charge in [-0.3, -0.25) is 9.20 Å². The molecule has 0 aliphatic rings. The van der Waals surface area contributed by atoms with Gasteiger partial charge in [0.2, 0.25) is 4.96 Å². The molecule has 128 valence electrons. The second-order valence-electron chi connectivity index (χ2n) is 5.90. The lowest BCUT2D eigenvalue weighted by Crippen LogP contribution is -2.12. The van der Waals surface area contributed by atoms with Crippen LogP contribution in [0.4, 0.5) is 0 Å². The summed E-state index contributed by atoms with van der Waals surface area (Å²) in [4.78, 5) is 20.7. The number of aromatic amines is 1. The summed E-state index contributed by atoms with van der Waals surface area (Å²) < 4.78 is 3.23. The number of nitrogens with zero attached hydrogens (tertiary/aromatic N) is 4. The molecule has 3 heterocycles. The second-order valence-corrected chi connectivity index (χ2v) is 8.22. The smallest absolute Gasteiger partial charge is 0.258 e. The molecule has 5 aromatic rings. The van der Waals surface area contributed by atoms with Crippen LogP contribution < -0.4 is 5.56 Å². The topological polar surface area (TPSA) is 75.9 Å². The number of benzene rings is 2. The monoisotopic (exact) mass is 379 g/mol. The van der Waals surface area contributed by atoms with Crippen molar-refractivity contribution in [3.8, 4) is 0 Å². The molecular formula is C18H13N5OS2. The van der Waals surface area contributed by atoms with Crippen LogP contribution in [-0.2, 0) is 0 Å². The summed E-state index contributed by atoms with van der Waals surface area (Å²) in [5.41, 5.74) is 1.67. The number of rotatable bonds is 3. The van der Waals surface area contributed by atoms with Gasteiger partial charge in [0, 0.05) is 0 Å². The first-order valence-corrected chi connectivity index (χ1v) is 9.78. The van der Waals surface area contributed by atoms with Crippen molar-refractivity contribution in [2.45, 2.75) is 17.3 Å². The summed E-state index contributed by atoms with van der Waals surface area (Å²) in [6.07, 6.45) is 0. The summed E-state index contributed by atoms with van der Waals surface area (Å²) in [7, 11) is 0. The van der Waals surface area contributed by atoms with Crippen LogP contribution in [0.5, 0.6) is 0 Å². The minimum absolute atomic E-state index is 0.0710. The van der Waals surface area contributed by atoms with E-state index in [1.807, 2.05) is 37.3 Å². The number of H-pyrrole nitrogens is 1. The SMILES string of the molecule is C[C@@H](Sc1nnc2sc3ccccc3n12)c1nc2ccccc2c(=O)[nH]1. The van der Waals surface area contributed by atoms with Gasteiger partial charge in [-0.05, 0) is 31.2 Å². The number of thioether (sulfide) groups is 1. The van der Waals surface area contributed by atoms with E-state index in [1.54, 1.807) is 17.4 Å². The van der Waals surface area contributed by atoms with Crippen molar-refractivity contribution in [1.82, 2.24) is 24.6 Å². The lowest BCUT2D eigenvalue weighted by Gasteiger charge is -2.10. The highest BCUT2D eigenvalue weighted by atomic mass is 32.2. The van der Waals surface area contributed by atoms with Crippen molar-refractivity contribution in [3.05, 3.63) is 64.7 Å². The van der Waals surface area contributed by atoms with Gasteiger partial charge < -0.3 is 4.98 Å². The van der Waals surface area contributed by atoms with Crippen LogP contribution in [0.15, 0.2) is 58.5 Å². The van der Waals surface area contributed by atoms with Gasteiger partial charge in [-0.25, -0.2) is 4.98 Å². The van der Waals surface area contributed by atoms with E-state index >= 15 is 0 Å². The van der Waals surface area contributed by atoms with Gasteiger partial charge >= 0.3 is 0 Å². The van der Waals surface area contributed by atoms with Gasteiger partial charge in [-0.1, -0.05) is 47.4 Å². The Morgan fingerprint density at radius 2 is 1.92 bits per heavy atom. The zero-order valence-corrected chi connectivity index (χ0v) is 15.3. The summed E-state index contributed by atoms with van der Waals surface area (Å²) in [6.45, 7) is 2.01. The maximum Gasteiger partial charge on any atom is 0.258 e. The van der Waals surface area contributed by atoms with Crippen molar-refractivity contribution >= 4 is 49.2 Å². The number of nitrogens with one attached hydrogen (secondary N) is 1. The third-order valence-corrected chi connectivity index (χ3v) is 6.27. The van der Waals surface area contributed by atoms with Gasteiger partial charge in [0.15, 0.2) is 5.16 Å². The Bertz CT molecular complexity index is 1320. The minimum atomic E-state index is -0.120. The Labute approximate surface area is 155 Å². The summed E-state index contributed by atoms with van der Waals surface area (Å²) in [5.74, 6) is 0.634.